The van der Waals surface area contributed by atoms with Gasteiger partial charge in [0.1, 0.15) is 0 Å². The number of halogens is 1. The van der Waals surface area contributed by atoms with Gasteiger partial charge in [-0.05, 0) is 53.5 Å². The zero-order chi connectivity index (χ0) is 22.4. The van der Waals surface area contributed by atoms with Gasteiger partial charge in [0.2, 0.25) is 11.8 Å². The zero-order valence-corrected chi connectivity index (χ0v) is 20.0. The minimum absolute atomic E-state index is 0.0219. The van der Waals surface area contributed by atoms with Crippen LogP contribution in [0.1, 0.15) is 48.7 Å². The number of methoxy groups -OCH3 is 1. The minimum Gasteiger partial charge on any atom is -0.385 e. The summed E-state index contributed by atoms with van der Waals surface area (Å²) in [6, 6.07) is 9.66. The molecule has 2 aromatic rings. The van der Waals surface area contributed by atoms with Crippen molar-refractivity contribution in [2.45, 2.75) is 39.2 Å². The molecule has 7 heteroatoms. The van der Waals surface area contributed by atoms with E-state index in [0.29, 0.717) is 37.6 Å². The van der Waals surface area contributed by atoms with Crippen LogP contribution in [0, 0.1) is 5.92 Å². The van der Waals surface area contributed by atoms with E-state index in [4.69, 9.17) is 16.3 Å². The highest BCUT2D eigenvalue weighted by molar-refractivity contribution is 7.10. The highest BCUT2D eigenvalue weighted by Gasteiger charge is 2.34. The summed E-state index contributed by atoms with van der Waals surface area (Å²) in [5.74, 6) is 0.250. The number of ether oxygens (including phenoxy) is 1. The van der Waals surface area contributed by atoms with Gasteiger partial charge in [0.25, 0.3) is 0 Å². The summed E-state index contributed by atoms with van der Waals surface area (Å²) in [6.07, 6.45) is 1.99. The van der Waals surface area contributed by atoms with Crippen molar-refractivity contribution >= 4 is 34.8 Å². The van der Waals surface area contributed by atoms with E-state index < -0.39 is 0 Å². The number of amides is 2. The van der Waals surface area contributed by atoms with Crippen LogP contribution in [0.4, 0.5) is 0 Å². The Kier molecular flexibility index (Phi) is 8.52. The average molecular weight is 463 g/mol. The molecular weight excluding hydrogens is 432 g/mol. The molecule has 1 aliphatic rings. The summed E-state index contributed by atoms with van der Waals surface area (Å²) < 4.78 is 5.15. The Morgan fingerprint density at radius 3 is 2.68 bits per heavy atom. The van der Waals surface area contributed by atoms with Crippen molar-refractivity contribution in [1.82, 2.24) is 9.80 Å². The highest BCUT2D eigenvalue weighted by atomic mass is 35.5. The van der Waals surface area contributed by atoms with E-state index in [-0.39, 0.29) is 30.3 Å². The van der Waals surface area contributed by atoms with Crippen molar-refractivity contribution in [3.8, 4) is 0 Å². The van der Waals surface area contributed by atoms with Gasteiger partial charge in [0, 0.05) is 43.1 Å². The standard InChI is InChI=1S/C24H31ClN2O3S/c1-17(2)15-22(28)26(11-4-13-30-3)16-23(29)27-12-9-21-20(10-14-31-21)24(27)18-5-7-19(25)8-6-18/h5-8,10,14,17,24H,4,9,11-13,15-16H2,1-3H3. The van der Waals surface area contributed by atoms with Gasteiger partial charge < -0.3 is 14.5 Å². The van der Waals surface area contributed by atoms with Crippen LogP contribution in [-0.4, -0.2) is 55.0 Å². The second-order valence-electron chi connectivity index (χ2n) is 8.35. The second kappa shape index (κ2) is 11.1. The van der Waals surface area contributed by atoms with Crippen LogP contribution in [0.5, 0.6) is 0 Å². The zero-order valence-electron chi connectivity index (χ0n) is 18.5. The van der Waals surface area contributed by atoms with E-state index in [1.807, 2.05) is 43.0 Å². The molecule has 0 aliphatic carbocycles. The lowest BCUT2D eigenvalue weighted by atomic mass is 9.93. The van der Waals surface area contributed by atoms with Crippen LogP contribution in [0.3, 0.4) is 0 Å². The number of nitrogens with zero attached hydrogens (tertiary/aromatic N) is 2. The molecule has 5 nitrogen and oxygen atoms in total. The molecular formula is C24H31ClN2O3S. The number of carbonyl (C=O) groups is 2. The van der Waals surface area contributed by atoms with E-state index in [1.165, 1.54) is 10.4 Å². The summed E-state index contributed by atoms with van der Waals surface area (Å²) >= 11 is 7.84. The number of hydrogen-bond donors (Lipinski definition) is 0. The maximum absolute atomic E-state index is 13.5. The van der Waals surface area contributed by atoms with Gasteiger partial charge in [-0.3, -0.25) is 9.59 Å². The predicted octanol–water partition coefficient (Wildman–Crippen LogP) is 4.79. The Labute approximate surface area is 193 Å². The number of thiophene rings is 1. The van der Waals surface area contributed by atoms with Gasteiger partial charge in [-0.1, -0.05) is 37.6 Å². The SMILES string of the molecule is COCCCN(CC(=O)N1CCc2sccc2C1c1ccc(Cl)cc1)C(=O)CC(C)C. The van der Waals surface area contributed by atoms with E-state index in [0.717, 1.165) is 12.0 Å². The first kappa shape index (κ1) is 23.8. The molecule has 0 fully saturated rings. The van der Waals surface area contributed by atoms with Crippen molar-refractivity contribution in [2.24, 2.45) is 5.92 Å². The molecule has 0 saturated carbocycles. The van der Waals surface area contributed by atoms with E-state index in [2.05, 4.69) is 11.4 Å². The molecule has 0 spiro atoms. The Morgan fingerprint density at radius 1 is 1.26 bits per heavy atom. The lowest BCUT2D eigenvalue weighted by Gasteiger charge is -2.37. The van der Waals surface area contributed by atoms with Crippen LogP contribution >= 0.6 is 22.9 Å². The third-order valence-electron chi connectivity index (χ3n) is 5.51. The molecule has 0 saturated heterocycles. The number of hydrogen-bond acceptors (Lipinski definition) is 4. The molecule has 1 aliphatic heterocycles. The molecule has 1 unspecified atom stereocenters. The molecule has 0 bridgehead atoms. The Hall–Kier alpha value is -1.89. The Morgan fingerprint density at radius 2 is 2.00 bits per heavy atom. The maximum atomic E-state index is 13.5. The van der Waals surface area contributed by atoms with Crippen molar-refractivity contribution < 1.29 is 14.3 Å². The first-order chi connectivity index (χ1) is 14.9. The molecule has 1 aromatic heterocycles. The molecule has 31 heavy (non-hydrogen) atoms. The number of fused-ring (bicyclic) bond motifs is 1. The van der Waals surface area contributed by atoms with E-state index >= 15 is 0 Å². The Bertz CT molecular complexity index is 881. The lowest BCUT2D eigenvalue weighted by Crippen LogP contribution is -2.47. The molecule has 2 heterocycles. The molecule has 2 amide bonds. The summed E-state index contributed by atoms with van der Waals surface area (Å²) in [4.78, 5) is 31.2. The second-order valence-corrected chi connectivity index (χ2v) is 9.79. The number of carbonyl (C=O) groups excluding carboxylic acids is 2. The smallest absolute Gasteiger partial charge is 0.242 e. The summed E-state index contributed by atoms with van der Waals surface area (Å²) in [7, 11) is 1.65. The van der Waals surface area contributed by atoms with Gasteiger partial charge >= 0.3 is 0 Å². The molecule has 1 aromatic carbocycles. The average Bonchev–Trinajstić information content (AvgIpc) is 3.21. The fraction of sp³-hybridized carbons (Fsp3) is 0.500. The largest absolute Gasteiger partial charge is 0.385 e. The predicted molar refractivity (Wildman–Crippen MR) is 126 cm³/mol. The molecule has 3 rings (SSSR count). The first-order valence-corrected chi connectivity index (χ1v) is 12.0. The van der Waals surface area contributed by atoms with E-state index in [9.17, 15) is 9.59 Å². The number of rotatable bonds is 9. The van der Waals surface area contributed by atoms with E-state index in [1.54, 1.807) is 23.3 Å². The van der Waals surface area contributed by atoms with Gasteiger partial charge in [-0.15, -0.1) is 11.3 Å². The molecule has 0 N–H and O–H groups in total. The minimum atomic E-state index is -0.152. The van der Waals surface area contributed by atoms with Crippen LogP contribution in [-0.2, 0) is 20.7 Å². The fourth-order valence-electron chi connectivity index (χ4n) is 4.01. The fourth-order valence-corrected chi connectivity index (χ4v) is 5.04. The first-order valence-electron chi connectivity index (χ1n) is 10.8. The molecule has 168 valence electrons. The lowest BCUT2D eigenvalue weighted by molar-refractivity contribution is -0.142. The summed E-state index contributed by atoms with van der Waals surface area (Å²) in [6.45, 7) is 5.87. The quantitative estimate of drug-likeness (QED) is 0.503. The van der Waals surface area contributed by atoms with Gasteiger partial charge in [-0.2, -0.15) is 0 Å². The third kappa shape index (κ3) is 6.09. The van der Waals surface area contributed by atoms with Crippen LogP contribution < -0.4 is 0 Å². The van der Waals surface area contributed by atoms with Crippen molar-refractivity contribution in [3.05, 3.63) is 56.7 Å². The highest BCUT2D eigenvalue weighted by Crippen LogP contribution is 2.38. The van der Waals surface area contributed by atoms with Crippen molar-refractivity contribution in [1.29, 1.82) is 0 Å². The normalized spacial score (nSPS) is 15.8. The monoisotopic (exact) mass is 462 g/mol. The van der Waals surface area contributed by atoms with Crippen molar-refractivity contribution in [2.75, 3.05) is 33.4 Å². The van der Waals surface area contributed by atoms with Gasteiger partial charge in [-0.25, -0.2) is 0 Å². The number of benzene rings is 1. The van der Waals surface area contributed by atoms with Crippen LogP contribution in [0.15, 0.2) is 35.7 Å². The summed E-state index contributed by atoms with van der Waals surface area (Å²) in [5.41, 5.74) is 2.21. The maximum Gasteiger partial charge on any atom is 0.242 e. The third-order valence-corrected chi connectivity index (χ3v) is 6.76. The van der Waals surface area contributed by atoms with Gasteiger partial charge in [0.15, 0.2) is 0 Å². The molecule has 1 atom stereocenters. The Balaban J connectivity index is 1.82. The van der Waals surface area contributed by atoms with Crippen LogP contribution in [0.2, 0.25) is 5.02 Å². The van der Waals surface area contributed by atoms with Gasteiger partial charge in [0.05, 0.1) is 12.6 Å². The molecule has 0 radical (unpaired) electrons. The van der Waals surface area contributed by atoms with Crippen LogP contribution in [0.25, 0.3) is 0 Å². The topological polar surface area (TPSA) is 49.9 Å². The van der Waals surface area contributed by atoms with Crippen molar-refractivity contribution in [3.63, 3.8) is 0 Å². The summed E-state index contributed by atoms with van der Waals surface area (Å²) in [5, 5.41) is 2.76.